The van der Waals surface area contributed by atoms with Crippen LogP contribution in [-0.2, 0) is 20.7 Å². The fraction of sp³-hybridized carbons (Fsp3) is 0.576. The monoisotopic (exact) mass is 563 g/mol. The normalized spacial score (nSPS) is 10.8. The summed E-state index contributed by atoms with van der Waals surface area (Å²) in [5.74, 6) is 1.53. The molecule has 1 amide bonds. The number of rotatable bonds is 12. The number of methoxy groups -OCH3 is 2. The van der Waals surface area contributed by atoms with E-state index in [9.17, 15) is 4.79 Å². The maximum absolute atomic E-state index is 9.96. The Bertz CT molecular complexity index is 728. The van der Waals surface area contributed by atoms with E-state index in [2.05, 4.69) is 67.9 Å². The van der Waals surface area contributed by atoms with Crippen LogP contribution in [0.1, 0.15) is 72.8 Å². The molecule has 3 N–H and O–H groups in total. The van der Waals surface area contributed by atoms with Crippen LogP contribution in [0, 0.1) is 5.92 Å². The Morgan fingerprint density at radius 3 is 1.95 bits per heavy atom. The number of allylic oxidation sites excluding steroid dienone is 3. The third-order valence-corrected chi connectivity index (χ3v) is 4.87. The van der Waals surface area contributed by atoms with Gasteiger partial charge in [-0.05, 0) is 55.2 Å². The largest absolute Gasteiger partial charge is 0.497 e. The number of nitrogens with one attached hydrogen (secondary N) is 3. The fourth-order valence-corrected chi connectivity index (χ4v) is 2.95. The van der Waals surface area contributed by atoms with Gasteiger partial charge in [-0.2, -0.15) is 0 Å². The van der Waals surface area contributed by atoms with E-state index in [1.807, 2.05) is 59.0 Å². The number of hydrogen-bond donors (Lipinski definition) is 3. The molecule has 40 heavy (non-hydrogen) atoms. The summed E-state index contributed by atoms with van der Waals surface area (Å²) in [6.45, 7) is 17.2. The number of amides is 1. The molecular formula is C33H61N3O4. The molecule has 0 heterocycles. The van der Waals surface area contributed by atoms with Crippen LogP contribution in [0.5, 0.6) is 5.75 Å². The highest BCUT2D eigenvalue weighted by Gasteiger charge is 1.95. The van der Waals surface area contributed by atoms with Gasteiger partial charge in [0.2, 0.25) is 6.41 Å². The van der Waals surface area contributed by atoms with Gasteiger partial charge < -0.3 is 30.2 Å². The summed E-state index contributed by atoms with van der Waals surface area (Å²) in [7, 11) is 7.27. The first kappa shape index (κ1) is 44.1. The molecule has 1 aromatic rings. The first-order valence-electron chi connectivity index (χ1n) is 14.4. The van der Waals surface area contributed by atoms with Crippen molar-refractivity contribution >= 4 is 13.2 Å². The Morgan fingerprint density at radius 1 is 0.975 bits per heavy atom. The summed E-state index contributed by atoms with van der Waals surface area (Å²) in [6, 6.07) is 7.81. The van der Waals surface area contributed by atoms with Gasteiger partial charge in [-0.3, -0.25) is 4.79 Å². The average Bonchev–Trinajstić information content (AvgIpc) is 3.22. The van der Waals surface area contributed by atoms with E-state index in [1.54, 1.807) is 14.2 Å². The SMILES string of the molecule is C=O.CC.CCCCC.CNCC1=CCC=C(NC)C=C1.COCC(C)C.COc1ccc(CCNC=O)cc1. The molecule has 2 rings (SSSR count). The number of hydrogen-bond acceptors (Lipinski definition) is 6. The van der Waals surface area contributed by atoms with Gasteiger partial charge in [0, 0.05) is 39.6 Å². The minimum atomic E-state index is 0.676. The second kappa shape index (κ2) is 38.2. The van der Waals surface area contributed by atoms with Crippen LogP contribution in [-0.4, -0.2) is 61.2 Å². The summed E-state index contributed by atoms with van der Waals surface area (Å²) in [4.78, 5) is 18.0. The maximum atomic E-state index is 9.96. The minimum absolute atomic E-state index is 0.676. The molecule has 7 heteroatoms. The van der Waals surface area contributed by atoms with Crippen molar-refractivity contribution in [3.05, 3.63) is 65.4 Å². The summed E-state index contributed by atoms with van der Waals surface area (Å²) in [6.07, 6.45) is 15.3. The molecule has 0 aliphatic heterocycles. The number of likely N-dealkylation sites (N-methyl/N-ethyl adjacent to an activating group) is 2. The van der Waals surface area contributed by atoms with E-state index in [0.29, 0.717) is 18.9 Å². The first-order chi connectivity index (χ1) is 19.4. The van der Waals surface area contributed by atoms with Crippen molar-refractivity contribution < 1.29 is 19.1 Å². The Hall–Kier alpha value is -2.90. The van der Waals surface area contributed by atoms with Crippen molar-refractivity contribution in [1.29, 1.82) is 0 Å². The Balaban J connectivity index is -0.000000220. The second-order valence-corrected chi connectivity index (χ2v) is 8.66. The summed E-state index contributed by atoms with van der Waals surface area (Å²) >= 11 is 0. The van der Waals surface area contributed by atoms with Gasteiger partial charge in [-0.25, -0.2) is 0 Å². The first-order valence-corrected chi connectivity index (χ1v) is 14.4. The molecule has 0 unspecified atom stereocenters. The third-order valence-electron chi connectivity index (χ3n) is 4.87. The van der Waals surface area contributed by atoms with Gasteiger partial charge in [-0.15, -0.1) is 0 Å². The lowest BCUT2D eigenvalue weighted by Crippen LogP contribution is -2.14. The highest BCUT2D eigenvalue weighted by atomic mass is 16.5. The molecular weight excluding hydrogens is 502 g/mol. The van der Waals surface area contributed by atoms with Crippen LogP contribution in [0.25, 0.3) is 0 Å². The van der Waals surface area contributed by atoms with Crippen molar-refractivity contribution in [2.24, 2.45) is 5.92 Å². The van der Waals surface area contributed by atoms with Crippen LogP contribution >= 0.6 is 0 Å². The van der Waals surface area contributed by atoms with Gasteiger partial charge >= 0.3 is 0 Å². The third kappa shape index (κ3) is 33.1. The number of unbranched alkanes of at least 4 members (excludes halogenated alkanes) is 2. The van der Waals surface area contributed by atoms with E-state index in [1.165, 1.54) is 36.1 Å². The van der Waals surface area contributed by atoms with Crippen molar-refractivity contribution in [3.63, 3.8) is 0 Å². The van der Waals surface area contributed by atoms with Gasteiger partial charge in [0.05, 0.1) is 7.11 Å². The van der Waals surface area contributed by atoms with Crippen LogP contribution in [0.4, 0.5) is 0 Å². The highest BCUT2D eigenvalue weighted by Crippen LogP contribution is 2.11. The lowest BCUT2D eigenvalue weighted by molar-refractivity contribution is -0.109. The molecule has 0 saturated carbocycles. The fourth-order valence-electron chi connectivity index (χ4n) is 2.95. The van der Waals surface area contributed by atoms with E-state index >= 15 is 0 Å². The predicted molar refractivity (Wildman–Crippen MR) is 174 cm³/mol. The van der Waals surface area contributed by atoms with Crippen molar-refractivity contribution in [1.82, 2.24) is 16.0 Å². The molecule has 0 spiro atoms. The predicted octanol–water partition coefficient (Wildman–Crippen LogP) is 6.51. The zero-order valence-electron chi connectivity index (χ0n) is 27.3. The lowest BCUT2D eigenvalue weighted by Gasteiger charge is -2.02. The molecule has 7 nitrogen and oxygen atoms in total. The minimum Gasteiger partial charge on any atom is -0.497 e. The Kier molecular flexibility index (Phi) is 42.2. The average molecular weight is 564 g/mol. The molecule has 232 valence electrons. The molecule has 1 aliphatic rings. The van der Waals surface area contributed by atoms with Gasteiger partial charge in [-0.1, -0.05) is 91.2 Å². The Morgan fingerprint density at radius 2 is 1.57 bits per heavy atom. The number of carbonyl (C=O) groups is 2. The van der Waals surface area contributed by atoms with Crippen molar-refractivity contribution in [2.75, 3.05) is 48.0 Å². The highest BCUT2D eigenvalue weighted by molar-refractivity contribution is 5.45. The quantitative estimate of drug-likeness (QED) is 0.199. The number of ether oxygens (including phenoxy) is 2. The van der Waals surface area contributed by atoms with Gasteiger partial charge in [0.15, 0.2) is 0 Å². The second-order valence-electron chi connectivity index (χ2n) is 8.66. The summed E-state index contributed by atoms with van der Waals surface area (Å²) in [5, 5.41) is 8.88. The van der Waals surface area contributed by atoms with E-state index in [-0.39, 0.29) is 0 Å². The van der Waals surface area contributed by atoms with Crippen LogP contribution in [0.3, 0.4) is 0 Å². The molecule has 0 fully saturated rings. The molecule has 0 atom stereocenters. The molecule has 1 aliphatic carbocycles. The van der Waals surface area contributed by atoms with Gasteiger partial charge in [0.25, 0.3) is 0 Å². The van der Waals surface area contributed by atoms with Crippen molar-refractivity contribution in [3.8, 4) is 5.75 Å². The number of carbonyl (C=O) groups excluding carboxylic acids is 2. The van der Waals surface area contributed by atoms with Crippen LogP contribution in [0.15, 0.2) is 59.8 Å². The number of benzene rings is 1. The smallest absolute Gasteiger partial charge is 0.207 e. The Labute approximate surface area is 246 Å². The summed E-state index contributed by atoms with van der Waals surface area (Å²) < 4.78 is 9.83. The zero-order chi connectivity index (χ0) is 31.4. The zero-order valence-corrected chi connectivity index (χ0v) is 27.3. The van der Waals surface area contributed by atoms with E-state index in [4.69, 9.17) is 14.3 Å². The van der Waals surface area contributed by atoms with Crippen molar-refractivity contribution in [2.45, 2.75) is 73.6 Å². The summed E-state index contributed by atoms with van der Waals surface area (Å²) in [5.41, 5.74) is 3.73. The molecule has 1 aromatic carbocycles. The molecule has 0 saturated heterocycles. The molecule has 0 bridgehead atoms. The van der Waals surface area contributed by atoms with E-state index < -0.39 is 0 Å². The van der Waals surface area contributed by atoms with Gasteiger partial charge in [0.1, 0.15) is 12.5 Å². The van der Waals surface area contributed by atoms with Crippen LogP contribution in [0.2, 0.25) is 0 Å². The van der Waals surface area contributed by atoms with Crippen LogP contribution < -0.4 is 20.7 Å². The lowest BCUT2D eigenvalue weighted by atomic mass is 10.1. The standard InChI is InChI=1S/C10H16N2.C10H13NO2.C5H12O.C5H12.C2H6.CH2O/c1-11-8-9-4-3-5-10(12-2)7-6-9;1-13-10-4-2-9(3-5-10)6-7-11-8-12;1-5(2)4-6-3;1-3-5-4-2;2*1-2/h4-7,11-12H,3,8H2,1-2H3;2-5,8H,6-7H2,1H3,(H,11,12);5H,4H2,1-3H3;3-5H2,1-2H3;1-2H3;1H2. The van der Waals surface area contributed by atoms with E-state index in [0.717, 1.165) is 31.7 Å². The molecule has 0 radical (unpaired) electrons. The maximum Gasteiger partial charge on any atom is 0.207 e. The topological polar surface area (TPSA) is 88.7 Å². The molecule has 0 aromatic heterocycles.